The SMILES string of the molecule is Cc1ccc(C(C)NS(=O)(=O)N2CCCCC2CN)s1. The minimum Gasteiger partial charge on any atom is -0.329 e. The first kappa shape index (κ1) is 15.9. The van der Waals surface area contributed by atoms with E-state index >= 15 is 0 Å². The maximum atomic E-state index is 12.5. The van der Waals surface area contributed by atoms with E-state index in [1.165, 1.54) is 9.18 Å². The van der Waals surface area contributed by atoms with Gasteiger partial charge in [-0.1, -0.05) is 6.42 Å². The third-order valence-corrected chi connectivity index (χ3v) is 6.60. The number of piperidine rings is 1. The third-order valence-electron chi connectivity index (χ3n) is 3.67. The van der Waals surface area contributed by atoms with Crippen LogP contribution in [0.1, 0.15) is 42.0 Å². The van der Waals surface area contributed by atoms with E-state index in [1.54, 1.807) is 11.3 Å². The molecule has 1 aromatic rings. The Morgan fingerprint density at radius 1 is 1.50 bits per heavy atom. The van der Waals surface area contributed by atoms with E-state index in [0.717, 1.165) is 24.1 Å². The molecule has 1 saturated heterocycles. The standard InChI is InChI=1S/C13H23N3O2S2/c1-10-6-7-13(19-10)11(2)15-20(17,18)16-8-4-3-5-12(16)9-14/h6-7,11-12,15H,3-5,8-9,14H2,1-2H3. The van der Waals surface area contributed by atoms with E-state index in [4.69, 9.17) is 5.73 Å². The first-order chi connectivity index (χ1) is 9.44. The van der Waals surface area contributed by atoms with Gasteiger partial charge in [0.05, 0.1) is 6.04 Å². The number of nitrogens with two attached hydrogens (primary N) is 1. The van der Waals surface area contributed by atoms with Crippen LogP contribution < -0.4 is 10.5 Å². The lowest BCUT2D eigenvalue weighted by Crippen LogP contribution is -2.51. The van der Waals surface area contributed by atoms with E-state index < -0.39 is 10.2 Å². The summed E-state index contributed by atoms with van der Waals surface area (Å²) < 4.78 is 29.3. The van der Waals surface area contributed by atoms with Gasteiger partial charge in [0.25, 0.3) is 10.2 Å². The minimum absolute atomic E-state index is 0.0708. The van der Waals surface area contributed by atoms with Crippen molar-refractivity contribution in [1.82, 2.24) is 9.03 Å². The Bertz CT molecular complexity index is 542. The van der Waals surface area contributed by atoms with Crippen molar-refractivity contribution in [2.75, 3.05) is 13.1 Å². The summed E-state index contributed by atoms with van der Waals surface area (Å²) in [5, 5.41) is 0. The quantitative estimate of drug-likeness (QED) is 0.869. The molecule has 1 aliphatic heterocycles. The molecule has 114 valence electrons. The van der Waals surface area contributed by atoms with Crippen molar-refractivity contribution >= 4 is 21.5 Å². The van der Waals surface area contributed by atoms with Crippen LogP contribution in [0.4, 0.5) is 0 Å². The summed E-state index contributed by atoms with van der Waals surface area (Å²) in [4.78, 5) is 2.22. The molecule has 20 heavy (non-hydrogen) atoms. The fourth-order valence-electron chi connectivity index (χ4n) is 2.56. The Balaban J connectivity index is 2.09. The van der Waals surface area contributed by atoms with Crippen molar-refractivity contribution in [3.63, 3.8) is 0 Å². The van der Waals surface area contributed by atoms with Crippen LogP contribution in [0.2, 0.25) is 0 Å². The average Bonchev–Trinajstić information content (AvgIpc) is 2.85. The van der Waals surface area contributed by atoms with Crippen LogP contribution in [0.3, 0.4) is 0 Å². The van der Waals surface area contributed by atoms with Gasteiger partial charge >= 0.3 is 0 Å². The molecular formula is C13H23N3O2S2. The molecule has 2 heterocycles. The Hall–Kier alpha value is -0.470. The number of hydrogen-bond donors (Lipinski definition) is 2. The normalized spacial score (nSPS) is 22.9. The second-order valence-corrected chi connectivity index (χ2v) is 8.26. The zero-order valence-electron chi connectivity index (χ0n) is 12.0. The first-order valence-corrected chi connectivity index (χ1v) is 9.25. The zero-order valence-corrected chi connectivity index (χ0v) is 13.6. The van der Waals surface area contributed by atoms with Gasteiger partial charge in [-0.25, -0.2) is 0 Å². The lowest BCUT2D eigenvalue weighted by molar-refractivity contribution is 0.253. The Morgan fingerprint density at radius 2 is 2.25 bits per heavy atom. The first-order valence-electron chi connectivity index (χ1n) is 6.99. The second-order valence-electron chi connectivity index (χ2n) is 5.29. The molecule has 0 amide bonds. The largest absolute Gasteiger partial charge is 0.329 e. The van der Waals surface area contributed by atoms with Crippen molar-refractivity contribution in [3.8, 4) is 0 Å². The maximum Gasteiger partial charge on any atom is 0.280 e. The predicted molar refractivity (Wildman–Crippen MR) is 82.9 cm³/mol. The van der Waals surface area contributed by atoms with Crippen LogP contribution in [-0.2, 0) is 10.2 Å². The van der Waals surface area contributed by atoms with E-state index in [2.05, 4.69) is 4.72 Å². The lowest BCUT2D eigenvalue weighted by Gasteiger charge is -2.34. The van der Waals surface area contributed by atoms with E-state index in [1.807, 2.05) is 26.0 Å². The fourth-order valence-corrected chi connectivity index (χ4v) is 5.18. The maximum absolute atomic E-state index is 12.5. The van der Waals surface area contributed by atoms with Gasteiger partial charge in [0.1, 0.15) is 0 Å². The monoisotopic (exact) mass is 317 g/mol. The van der Waals surface area contributed by atoms with Crippen LogP contribution in [0.15, 0.2) is 12.1 Å². The van der Waals surface area contributed by atoms with Gasteiger partial charge in [-0.05, 0) is 38.8 Å². The van der Waals surface area contributed by atoms with Crippen molar-refractivity contribution in [2.24, 2.45) is 5.73 Å². The highest BCUT2D eigenvalue weighted by Gasteiger charge is 2.32. The average molecular weight is 317 g/mol. The summed E-state index contributed by atoms with van der Waals surface area (Å²) >= 11 is 1.62. The van der Waals surface area contributed by atoms with E-state index in [0.29, 0.717) is 13.1 Å². The predicted octanol–water partition coefficient (Wildman–Crippen LogP) is 1.77. The number of nitrogens with zero attached hydrogens (tertiary/aromatic N) is 1. The van der Waals surface area contributed by atoms with E-state index in [9.17, 15) is 8.42 Å². The third kappa shape index (κ3) is 3.59. The molecule has 2 unspecified atom stereocenters. The molecule has 0 radical (unpaired) electrons. The van der Waals surface area contributed by atoms with Gasteiger partial charge in [-0.3, -0.25) is 0 Å². The number of rotatable bonds is 5. The number of aryl methyl sites for hydroxylation is 1. The Morgan fingerprint density at radius 3 is 2.85 bits per heavy atom. The molecule has 5 nitrogen and oxygen atoms in total. The molecule has 1 aromatic heterocycles. The molecule has 3 N–H and O–H groups in total. The van der Waals surface area contributed by atoms with Crippen LogP contribution in [0.5, 0.6) is 0 Å². The summed E-state index contributed by atoms with van der Waals surface area (Å²) in [7, 11) is -3.47. The van der Waals surface area contributed by atoms with Gasteiger partial charge in [0.2, 0.25) is 0 Å². The van der Waals surface area contributed by atoms with Crippen LogP contribution in [0.25, 0.3) is 0 Å². The summed E-state index contributed by atoms with van der Waals surface area (Å²) in [6.45, 7) is 4.84. The van der Waals surface area contributed by atoms with Gasteiger partial charge in [-0.15, -0.1) is 11.3 Å². The van der Waals surface area contributed by atoms with Crippen LogP contribution in [-0.4, -0.2) is 31.9 Å². The van der Waals surface area contributed by atoms with Gasteiger partial charge < -0.3 is 5.73 Å². The fraction of sp³-hybridized carbons (Fsp3) is 0.692. The van der Waals surface area contributed by atoms with Gasteiger partial charge in [0, 0.05) is 28.9 Å². The molecule has 0 spiro atoms. The van der Waals surface area contributed by atoms with Crippen molar-refractivity contribution in [3.05, 3.63) is 21.9 Å². The van der Waals surface area contributed by atoms with Gasteiger partial charge in [-0.2, -0.15) is 17.4 Å². The Kier molecular flexibility index (Phi) is 5.19. The molecule has 1 aliphatic rings. The topological polar surface area (TPSA) is 75.4 Å². The molecule has 0 aliphatic carbocycles. The highest BCUT2D eigenvalue weighted by Crippen LogP contribution is 2.25. The molecule has 0 saturated carbocycles. The summed E-state index contributed by atoms with van der Waals surface area (Å²) in [6, 6.07) is 3.70. The number of nitrogens with one attached hydrogen (secondary N) is 1. The Labute approximate surface area is 125 Å². The number of thiophene rings is 1. The van der Waals surface area contributed by atoms with Crippen molar-refractivity contribution in [1.29, 1.82) is 0 Å². The zero-order chi connectivity index (χ0) is 14.8. The van der Waals surface area contributed by atoms with Crippen molar-refractivity contribution in [2.45, 2.75) is 45.2 Å². The molecule has 7 heteroatoms. The van der Waals surface area contributed by atoms with E-state index in [-0.39, 0.29) is 12.1 Å². The van der Waals surface area contributed by atoms with Crippen LogP contribution in [0, 0.1) is 6.92 Å². The highest BCUT2D eigenvalue weighted by atomic mass is 32.2. The molecule has 1 fully saturated rings. The summed E-state index contributed by atoms with van der Waals surface area (Å²) in [5.41, 5.74) is 5.70. The molecule has 2 rings (SSSR count). The molecular weight excluding hydrogens is 294 g/mol. The summed E-state index contributed by atoms with van der Waals surface area (Å²) in [5.74, 6) is 0. The smallest absolute Gasteiger partial charge is 0.280 e. The highest BCUT2D eigenvalue weighted by molar-refractivity contribution is 7.87. The van der Waals surface area contributed by atoms with Crippen molar-refractivity contribution < 1.29 is 8.42 Å². The summed E-state index contributed by atoms with van der Waals surface area (Å²) in [6.07, 6.45) is 2.81. The van der Waals surface area contributed by atoms with Gasteiger partial charge in [0.15, 0.2) is 0 Å². The lowest BCUT2D eigenvalue weighted by atomic mass is 10.1. The molecule has 2 atom stereocenters. The molecule has 0 aromatic carbocycles. The number of hydrogen-bond acceptors (Lipinski definition) is 4. The molecule has 0 bridgehead atoms. The minimum atomic E-state index is -3.47. The second kappa shape index (κ2) is 6.53. The van der Waals surface area contributed by atoms with Crippen LogP contribution >= 0.6 is 11.3 Å².